The van der Waals surface area contributed by atoms with Gasteiger partial charge in [-0.2, -0.15) is 0 Å². The molecule has 6 aromatic rings. The van der Waals surface area contributed by atoms with Crippen LogP contribution in [0.15, 0.2) is 72.5 Å². The van der Waals surface area contributed by atoms with Crippen LogP contribution >= 0.6 is 11.3 Å². The standard InChI is InChI=1S/C55H65N11O5S/c1-31-47(72-30-59-31)35-12-10-33(11-13-35)26-56-51(70)44-20-39(67)29-66(44)52(71)48(54(3,4)5)61-50(69)36-22-55(23-36)24-38(25-55)64-17-14-34(15-18-64)37-27-57-53(58-28-37)65-19-16-42-46(32(65)2)41-21-43(62-63-49(41)60-42)40-8-6-7-9-45(40)68/h6-13,21,27-28,30,32,34,36,38-39,44,48,67-68H,14-20,22-26,29H2,1-5H3,(H,56,70)(H,60,63)(H,61,69)/t32-,36?,38?,39+,44-,48+,55?/m0/s1. The van der Waals surface area contributed by atoms with E-state index in [4.69, 9.17) is 9.97 Å². The van der Waals surface area contributed by atoms with Gasteiger partial charge >= 0.3 is 0 Å². The molecule has 2 aromatic carbocycles. The number of phenols is 1. The fourth-order valence-corrected chi connectivity index (χ4v) is 13.3. The number of benzene rings is 2. The number of nitrogens with zero attached hydrogens (tertiary/aromatic N) is 8. The topological polar surface area (TPSA) is 206 Å². The number of likely N-dealkylation sites (tertiary alicyclic amines) is 2. The molecular formula is C55H65N11O5S. The Bertz CT molecular complexity index is 2980. The molecule has 11 rings (SSSR count). The number of para-hydroxylation sites is 1. The Kier molecular flexibility index (Phi) is 12.6. The number of aryl methyl sites for hydroxylation is 1. The highest BCUT2D eigenvalue weighted by atomic mass is 32.1. The fourth-order valence-electron chi connectivity index (χ4n) is 12.4. The Morgan fingerprint density at radius 2 is 1.68 bits per heavy atom. The quantitative estimate of drug-likeness (QED) is 0.0873. The summed E-state index contributed by atoms with van der Waals surface area (Å²) in [4.78, 5) is 66.9. The van der Waals surface area contributed by atoms with Gasteiger partial charge in [0.05, 0.1) is 33.9 Å². The van der Waals surface area contributed by atoms with Crippen molar-refractivity contribution in [3.8, 4) is 27.4 Å². The number of piperidine rings is 1. The molecular weight excluding hydrogens is 927 g/mol. The fraction of sp³-hybridized carbons (Fsp3) is 0.491. The molecule has 4 aromatic heterocycles. The number of phenolic OH excluding ortho intramolecular Hbond substituents is 1. The van der Waals surface area contributed by atoms with Crippen LogP contribution in [0.3, 0.4) is 0 Å². The SMILES string of the molecule is Cc1ncsc1-c1ccc(CNC(=O)[C@@H]2C[C@@H](O)CN2C(=O)[C@@H](NC(=O)C2CC3(C2)CC(N2CCC(c4cnc(N5CCc6[nH]c7nnc(-c8ccccc8O)cc7c6[C@@H]5C)nc4)CC2)C3)C(C)(C)C)cc1. The van der Waals surface area contributed by atoms with Crippen molar-refractivity contribution >= 4 is 46.0 Å². The van der Waals surface area contributed by atoms with E-state index in [1.54, 1.807) is 23.5 Å². The second kappa shape index (κ2) is 19.0. The summed E-state index contributed by atoms with van der Waals surface area (Å²) in [5.41, 5.74) is 9.89. The van der Waals surface area contributed by atoms with Crippen LogP contribution in [0.4, 0.5) is 5.95 Å². The molecule has 2 aliphatic carbocycles. The van der Waals surface area contributed by atoms with Crippen LogP contribution in [-0.4, -0.2) is 118 Å². The predicted octanol–water partition coefficient (Wildman–Crippen LogP) is 7.22. The van der Waals surface area contributed by atoms with Crippen molar-refractivity contribution < 1.29 is 24.6 Å². The van der Waals surface area contributed by atoms with Gasteiger partial charge in [0.2, 0.25) is 23.7 Å². The number of fused-ring (bicyclic) bond motifs is 3. The third-order valence-corrected chi connectivity index (χ3v) is 17.5. The minimum Gasteiger partial charge on any atom is -0.507 e. The first-order valence-electron chi connectivity index (χ1n) is 25.7. The molecule has 4 atom stereocenters. The molecule has 1 spiro atoms. The lowest BCUT2D eigenvalue weighted by Gasteiger charge is -2.60. The van der Waals surface area contributed by atoms with E-state index in [-0.39, 0.29) is 53.8 Å². The highest BCUT2D eigenvalue weighted by Gasteiger charge is 2.57. The third-order valence-electron chi connectivity index (χ3n) is 16.5. The largest absolute Gasteiger partial charge is 0.507 e. The molecule has 7 heterocycles. The maximum absolute atomic E-state index is 14.3. The summed E-state index contributed by atoms with van der Waals surface area (Å²) in [6.07, 6.45) is 10.1. The summed E-state index contributed by atoms with van der Waals surface area (Å²) in [6, 6.07) is 16.1. The minimum absolute atomic E-state index is 0.0137. The van der Waals surface area contributed by atoms with Gasteiger partial charge in [-0.25, -0.2) is 15.0 Å². The van der Waals surface area contributed by atoms with Gasteiger partial charge in [0, 0.05) is 79.0 Å². The van der Waals surface area contributed by atoms with Gasteiger partial charge in [0.1, 0.15) is 17.8 Å². The average molecular weight is 992 g/mol. The zero-order valence-electron chi connectivity index (χ0n) is 41.8. The number of carbonyl (C=O) groups excluding carboxylic acids is 3. The number of H-pyrrole nitrogens is 1. The van der Waals surface area contributed by atoms with Crippen LogP contribution in [0.1, 0.15) is 113 Å². The van der Waals surface area contributed by atoms with Crippen molar-refractivity contribution in [2.75, 3.05) is 31.1 Å². The summed E-state index contributed by atoms with van der Waals surface area (Å²) in [7, 11) is 0. The lowest BCUT2D eigenvalue weighted by Crippen LogP contribution is -2.62. The molecule has 0 radical (unpaired) electrons. The first kappa shape index (κ1) is 48.0. The summed E-state index contributed by atoms with van der Waals surface area (Å²) in [5, 5.41) is 37.2. The number of hydrogen-bond donors (Lipinski definition) is 5. The molecule has 0 bridgehead atoms. The van der Waals surface area contributed by atoms with E-state index in [1.807, 2.05) is 88.1 Å². The Morgan fingerprint density at radius 3 is 2.38 bits per heavy atom. The molecule has 2 saturated carbocycles. The Hall–Kier alpha value is -6.30. The van der Waals surface area contributed by atoms with Gasteiger partial charge in [0.25, 0.3) is 0 Å². The number of hydrogen-bond acceptors (Lipinski definition) is 13. The smallest absolute Gasteiger partial charge is 0.246 e. The monoisotopic (exact) mass is 991 g/mol. The van der Waals surface area contributed by atoms with Crippen LogP contribution in [0.5, 0.6) is 5.75 Å². The number of carbonyl (C=O) groups is 3. The molecule has 3 amide bonds. The normalized spacial score (nSPS) is 24.9. The number of amides is 3. The third kappa shape index (κ3) is 9.12. The average Bonchev–Trinajstić information content (AvgIpc) is 4.08. The van der Waals surface area contributed by atoms with Gasteiger partial charge in [0.15, 0.2) is 5.65 Å². The summed E-state index contributed by atoms with van der Waals surface area (Å²) in [6.45, 7) is 13.1. The number of β-amino-alcohol motifs (C(OH)–C–C–N with tert-alkyl or cyclic N) is 1. The van der Waals surface area contributed by atoms with Crippen molar-refractivity contribution in [2.24, 2.45) is 16.7 Å². The number of aromatic nitrogens is 6. The van der Waals surface area contributed by atoms with Crippen molar-refractivity contribution in [1.29, 1.82) is 0 Å². The maximum Gasteiger partial charge on any atom is 0.246 e. The van der Waals surface area contributed by atoms with Crippen molar-refractivity contribution in [3.05, 3.63) is 101 Å². The van der Waals surface area contributed by atoms with Gasteiger partial charge in [-0.15, -0.1) is 21.5 Å². The van der Waals surface area contributed by atoms with Gasteiger partial charge in [-0.05, 0) is 117 Å². The number of aromatic hydroxyl groups is 1. The molecule has 5 N–H and O–H groups in total. The van der Waals surface area contributed by atoms with Crippen LogP contribution in [0, 0.1) is 23.7 Å². The number of thiazole rings is 1. The Labute approximate surface area is 424 Å². The summed E-state index contributed by atoms with van der Waals surface area (Å²) >= 11 is 1.59. The van der Waals surface area contributed by atoms with E-state index in [9.17, 15) is 24.6 Å². The molecule has 4 fully saturated rings. The predicted molar refractivity (Wildman–Crippen MR) is 276 cm³/mol. The number of anilines is 1. The molecule has 5 aliphatic rings. The van der Waals surface area contributed by atoms with Gasteiger partial charge in [-0.1, -0.05) is 57.2 Å². The first-order valence-corrected chi connectivity index (χ1v) is 26.5. The lowest BCUT2D eigenvalue weighted by molar-refractivity contribution is -0.150. The highest BCUT2D eigenvalue weighted by Crippen LogP contribution is 2.60. The second-order valence-corrected chi connectivity index (χ2v) is 23.2. The van der Waals surface area contributed by atoms with E-state index in [1.165, 1.54) is 10.5 Å². The number of rotatable bonds is 11. The molecule has 16 nitrogen and oxygen atoms in total. The Balaban J connectivity index is 0.644. The van der Waals surface area contributed by atoms with Crippen molar-refractivity contribution in [3.63, 3.8) is 0 Å². The molecule has 2 saturated heterocycles. The van der Waals surface area contributed by atoms with E-state index in [0.29, 0.717) is 29.8 Å². The van der Waals surface area contributed by atoms with Crippen molar-refractivity contribution in [2.45, 2.75) is 129 Å². The molecule has 376 valence electrons. The number of aliphatic hydroxyl groups is 1. The van der Waals surface area contributed by atoms with Crippen molar-refractivity contribution in [1.82, 2.24) is 50.6 Å². The zero-order valence-corrected chi connectivity index (χ0v) is 42.6. The van der Waals surface area contributed by atoms with Crippen LogP contribution in [-0.2, 0) is 27.3 Å². The van der Waals surface area contributed by atoms with E-state index >= 15 is 0 Å². The van der Waals surface area contributed by atoms with Gasteiger partial charge < -0.3 is 40.5 Å². The number of aromatic amines is 1. The second-order valence-electron chi connectivity index (χ2n) is 22.3. The minimum atomic E-state index is -0.841. The molecule has 17 heteroatoms. The number of nitrogens with one attached hydrogen (secondary N) is 3. The molecule has 72 heavy (non-hydrogen) atoms. The van der Waals surface area contributed by atoms with Crippen LogP contribution in [0.25, 0.3) is 32.7 Å². The lowest BCUT2D eigenvalue weighted by atomic mass is 9.49. The van der Waals surface area contributed by atoms with E-state index in [0.717, 1.165) is 115 Å². The van der Waals surface area contributed by atoms with Crippen LogP contribution in [0.2, 0.25) is 0 Å². The van der Waals surface area contributed by atoms with Crippen LogP contribution < -0.4 is 15.5 Å². The van der Waals surface area contributed by atoms with E-state index in [2.05, 4.69) is 47.5 Å². The summed E-state index contributed by atoms with van der Waals surface area (Å²) in [5.74, 6) is 0.393. The Morgan fingerprint density at radius 1 is 0.944 bits per heavy atom. The van der Waals surface area contributed by atoms with E-state index < -0.39 is 23.6 Å². The molecule has 3 aliphatic heterocycles. The summed E-state index contributed by atoms with van der Waals surface area (Å²) < 4.78 is 0. The zero-order chi connectivity index (χ0) is 50.1. The maximum atomic E-state index is 14.3. The molecule has 0 unspecified atom stereocenters. The van der Waals surface area contributed by atoms with Gasteiger partial charge in [-0.3, -0.25) is 14.4 Å². The highest BCUT2D eigenvalue weighted by molar-refractivity contribution is 7.13. The first-order chi connectivity index (χ1) is 34.6. The number of aliphatic hydroxyl groups excluding tert-OH is 1.